The molecule has 1 aromatic carbocycles. The summed E-state index contributed by atoms with van der Waals surface area (Å²) < 4.78 is 30.0. The molecule has 4 rings (SSSR count). The van der Waals surface area contributed by atoms with Crippen LogP contribution in [-0.2, 0) is 23.1 Å². The quantitative estimate of drug-likeness (QED) is 0.908. The first-order chi connectivity index (χ1) is 11.6. The van der Waals surface area contributed by atoms with Crippen LogP contribution in [0.3, 0.4) is 0 Å². The van der Waals surface area contributed by atoms with Crippen molar-refractivity contribution >= 4 is 20.9 Å². The number of nitrogens with zero attached hydrogens (tertiary/aromatic N) is 2. The van der Waals surface area contributed by atoms with Crippen LogP contribution in [0.5, 0.6) is 0 Å². The van der Waals surface area contributed by atoms with E-state index < -0.39 is 10.0 Å². The molecular formula is C18H25N3O2S. The summed E-state index contributed by atoms with van der Waals surface area (Å²) in [5, 5.41) is 4.46. The molecule has 0 aliphatic carbocycles. The average Bonchev–Trinajstić information content (AvgIpc) is 2.78. The summed E-state index contributed by atoms with van der Waals surface area (Å²) in [5.74, 6) is 0. The van der Waals surface area contributed by atoms with Gasteiger partial charge in [0.15, 0.2) is 0 Å². The fourth-order valence-electron chi connectivity index (χ4n) is 4.05. The SMILES string of the molecule is Cc1c2n(c3ccc(S(=O)(=O)N4CCCCCC4)cc13)CNCC2. The lowest BCUT2D eigenvalue weighted by atomic mass is 10.1. The molecule has 0 unspecified atom stereocenters. The Morgan fingerprint density at radius 3 is 2.58 bits per heavy atom. The third kappa shape index (κ3) is 2.57. The highest BCUT2D eigenvalue weighted by molar-refractivity contribution is 7.89. The van der Waals surface area contributed by atoms with E-state index in [1.807, 2.05) is 12.1 Å². The van der Waals surface area contributed by atoms with Crippen LogP contribution in [-0.4, -0.2) is 36.9 Å². The lowest BCUT2D eigenvalue weighted by Gasteiger charge is -2.20. The van der Waals surface area contributed by atoms with Crippen LogP contribution >= 0.6 is 0 Å². The van der Waals surface area contributed by atoms with E-state index in [1.54, 1.807) is 10.4 Å². The van der Waals surface area contributed by atoms with Gasteiger partial charge in [-0.15, -0.1) is 0 Å². The molecule has 2 aliphatic heterocycles. The molecule has 0 atom stereocenters. The normalized spacial score (nSPS) is 20.0. The van der Waals surface area contributed by atoms with E-state index in [9.17, 15) is 8.42 Å². The standard InChI is InChI=1S/C18H25N3O2S/c1-14-16-12-15(24(22,23)20-10-4-2-3-5-11-20)6-7-18(16)21-13-19-9-8-17(14)21/h6-7,12,19H,2-5,8-11,13H2,1H3. The molecule has 5 nitrogen and oxygen atoms in total. The molecule has 3 heterocycles. The minimum atomic E-state index is -3.39. The Morgan fingerprint density at radius 1 is 1.08 bits per heavy atom. The van der Waals surface area contributed by atoms with Gasteiger partial charge in [-0.05, 0) is 43.5 Å². The van der Waals surface area contributed by atoms with Crippen molar-refractivity contribution in [3.05, 3.63) is 29.5 Å². The van der Waals surface area contributed by atoms with E-state index >= 15 is 0 Å². The highest BCUT2D eigenvalue weighted by Gasteiger charge is 2.26. The first-order valence-electron chi connectivity index (χ1n) is 8.91. The molecule has 1 fully saturated rings. The number of benzene rings is 1. The van der Waals surface area contributed by atoms with E-state index in [1.165, 1.54) is 11.3 Å². The highest BCUT2D eigenvalue weighted by atomic mass is 32.2. The van der Waals surface area contributed by atoms with E-state index in [2.05, 4.69) is 16.8 Å². The second kappa shape index (κ2) is 6.17. The first-order valence-corrected chi connectivity index (χ1v) is 10.4. The van der Waals surface area contributed by atoms with Gasteiger partial charge in [-0.2, -0.15) is 4.31 Å². The van der Waals surface area contributed by atoms with E-state index in [4.69, 9.17) is 0 Å². The van der Waals surface area contributed by atoms with Crippen molar-refractivity contribution < 1.29 is 8.42 Å². The molecule has 0 radical (unpaired) electrons. The molecule has 0 spiro atoms. The van der Waals surface area contributed by atoms with Gasteiger partial charge < -0.3 is 4.57 Å². The van der Waals surface area contributed by atoms with Gasteiger partial charge in [0.05, 0.1) is 11.6 Å². The molecule has 2 aliphatic rings. The topological polar surface area (TPSA) is 54.3 Å². The van der Waals surface area contributed by atoms with Crippen molar-refractivity contribution in [2.75, 3.05) is 19.6 Å². The summed E-state index contributed by atoms with van der Waals surface area (Å²) in [4.78, 5) is 0.441. The predicted molar refractivity (Wildman–Crippen MR) is 95.6 cm³/mol. The first kappa shape index (κ1) is 16.1. The van der Waals surface area contributed by atoms with Crippen molar-refractivity contribution in [3.8, 4) is 0 Å². The molecule has 6 heteroatoms. The highest BCUT2D eigenvalue weighted by Crippen LogP contribution is 2.30. The summed E-state index contributed by atoms with van der Waals surface area (Å²) in [7, 11) is -3.39. The van der Waals surface area contributed by atoms with Crippen molar-refractivity contribution in [3.63, 3.8) is 0 Å². The Kier molecular flexibility index (Phi) is 4.14. The fraction of sp³-hybridized carbons (Fsp3) is 0.556. The zero-order chi connectivity index (χ0) is 16.7. The Hall–Kier alpha value is -1.37. The van der Waals surface area contributed by atoms with Gasteiger partial charge in [-0.3, -0.25) is 5.32 Å². The monoisotopic (exact) mass is 347 g/mol. The van der Waals surface area contributed by atoms with Crippen molar-refractivity contribution in [2.24, 2.45) is 0 Å². The van der Waals surface area contributed by atoms with Crippen LogP contribution in [0.1, 0.15) is 36.9 Å². The second-order valence-electron chi connectivity index (χ2n) is 6.91. The van der Waals surface area contributed by atoms with Gasteiger partial charge >= 0.3 is 0 Å². The van der Waals surface area contributed by atoms with Crippen LogP contribution in [0.2, 0.25) is 0 Å². The zero-order valence-electron chi connectivity index (χ0n) is 14.2. The largest absolute Gasteiger partial charge is 0.331 e. The molecule has 24 heavy (non-hydrogen) atoms. The van der Waals surface area contributed by atoms with Crippen LogP contribution in [0.15, 0.2) is 23.1 Å². The number of sulfonamides is 1. The van der Waals surface area contributed by atoms with Crippen LogP contribution in [0, 0.1) is 6.92 Å². The van der Waals surface area contributed by atoms with Gasteiger partial charge in [-0.25, -0.2) is 8.42 Å². The van der Waals surface area contributed by atoms with Crippen LogP contribution in [0.25, 0.3) is 10.9 Å². The number of rotatable bonds is 2. The number of fused-ring (bicyclic) bond motifs is 3. The van der Waals surface area contributed by atoms with Crippen molar-refractivity contribution in [1.29, 1.82) is 0 Å². The second-order valence-corrected chi connectivity index (χ2v) is 8.84. The minimum Gasteiger partial charge on any atom is -0.331 e. The number of hydrogen-bond acceptors (Lipinski definition) is 3. The summed E-state index contributed by atoms with van der Waals surface area (Å²) in [6.45, 7) is 5.20. The molecule has 0 bridgehead atoms. The van der Waals surface area contributed by atoms with E-state index in [-0.39, 0.29) is 0 Å². The maximum Gasteiger partial charge on any atom is 0.243 e. The van der Waals surface area contributed by atoms with Gasteiger partial charge in [0.2, 0.25) is 10.0 Å². The molecule has 130 valence electrons. The van der Waals surface area contributed by atoms with Crippen molar-refractivity contribution in [1.82, 2.24) is 14.2 Å². The zero-order valence-corrected chi connectivity index (χ0v) is 15.0. The molecule has 0 saturated carbocycles. The van der Waals surface area contributed by atoms with Gasteiger partial charge in [0, 0.05) is 42.7 Å². The lowest BCUT2D eigenvalue weighted by Crippen LogP contribution is -2.31. The molecular weight excluding hydrogens is 322 g/mol. The van der Waals surface area contributed by atoms with Crippen LogP contribution < -0.4 is 5.32 Å². The fourth-order valence-corrected chi connectivity index (χ4v) is 5.59. The Labute approximate surface area is 143 Å². The maximum atomic E-state index is 13.0. The summed E-state index contributed by atoms with van der Waals surface area (Å²) >= 11 is 0. The third-order valence-electron chi connectivity index (χ3n) is 5.43. The smallest absolute Gasteiger partial charge is 0.243 e. The van der Waals surface area contributed by atoms with Gasteiger partial charge in [-0.1, -0.05) is 12.8 Å². The van der Waals surface area contributed by atoms with Gasteiger partial charge in [0.1, 0.15) is 0 Å². The van der Waals surface area contributed by atoms with E-state index in [0.29, 0.717) is 18.0 Å². The number of aromatic nitrogens is 1. The minimum absolute atomic E-state index is 0.441. The third-order valence-corrected chi connectivity index (χ3v) is 7.33. The molecule has 2 aromatic rings. The lowest BCUT2D eigenvalue weighted by molar-refractivity contribution is 0.424. The number of hydrogen-bond donors (Lipinski definition) is 1. The van der Waals surface area contributed by atoms with Crippen molar-refractivity contribution in [2.45, 2.75) is 50.6 Å². The molecule has 0 amide bonds. The van der Waals surface area contributed by atoms with Gasteiger partial charge in [0.25, 0.3) is 0 Å². The van der Waals surface area contributed by atoms with Crippen LogP contribution in [0.4, 0.5) is 0 Å². The number of nitrogens with one attached hydrogen (secondary N) is 1. The Balaban J connectivity index is 1.78. The number of aryl methyl sites for hydroxylation is 1. The summed E-state index contributed by atoms with van der Waals surface area (Å²) in [6, 6.07) is 5.64. The molecule has 1 aromatic heterocycles. The predicted octanol–water partition coefficient (Wildman–Crippen LogP) is 2.62. The Bertz CT molecular complexity index is 862. The maximum absolute atomic E-state index is 13.0. The van der Waals surface area contributed by atoms with E-state index in [0.717, 1.165) is 56.2 Å². The molecule has 1 saturated heterocycles. The summed E-state index contributed by atoms with van der Waals surface area (Å²) in [6.07, 6.45) is 5.18. The Morgan fingerprint density at radius 2 is 1.83 bits per heavy atom. The average molecular weight is 347 g/mol. The summed E-state index contributed by atoms with van der Waals surface area (Å²) in [5.41, 5.74) is 3.68. The molecule has 1 N–H and O–H groups in total.